The highest BCUT2D eigenvalue weighted by Gasteiger charge is 2.39. The van der Waals surface area contributed by atoms with Gasteiger partial charge in [-0.05, 0) is 57.2 Å². The van der Waals surface area contributed by atoms with Crippen molar-refractivity contribution in [3.8, 4) is 0 Å². The predicted octanol–water partition coefficient (Wildman–Crippen LogP) is 5.46. The van der Waals surface area contributed by atoms with Gasteiger partial charge in [-0.1, -0.05) is 24.1 Å². The number of alkyl halides is 3. The van der Waals surface area contributed by atoms with Crippen molar-refractivity contribution in [1.82, 2.24) is 19.6 Å². The number of rotatable bonds is 5. The van der Waals surface area contributed by atoms with Crippen LogP contribution in [0.4, 0.5) is 23.2 Å². The molecule has 3 aromatic rings. The molecule has 0 aliphatic heterocycles. The third-order valence-electron chi connectivity index (χ3n) is 6.05. The highest BCUT2D eigenvalue weighted by atomic mass is 35.5. The van der Waals surface area contributed by atoms with Crippen LogP contribution in [0.5, 0.6) is 0 Å². The lowest BCUT2D eigenvalue weighted by Crippen LogP contribution is -2.22. The lowest BCUT2D eigenvalue weighted by Gasteiger charge is -2.10. The van der Waals surface area contributed by atoms with Crippen LogP contribution in [0, 0.1) is 19.7 Å². The summed E-state index contributed by atoms with van der Waals surface area (Å²) in [5.41, 5.74) is 2.10. The smallest absolute Gasteiger partial charge is 0.321 e. The van der Waals surface area contributed by atoms with Crippen LogP contribution >= 0.6 is 11.6 Å². The molecule has 0 bridgehead atoms. The molecule has 0 saturated carbocycles. The molecule has 4 rings (SSSR count). The van der Waals surface area contributed by atoms with E-state index in [1.807, 2.05) is 0 Å². The summed E-state index contributed by atoms with van der Waals surface area (Å²) in [4.78, 5) is 12.8. The average Bonchev–Trinajstić information content (AvgIpc) is 3.09. The number of hydrogen-bond acceptors (Lipinski definition) is 3. The van der Waals surface area contributed by atoms with Gasteiger partial charge in [-0.3, -0.25) is 14.2 Å². The summed E-state index contributed by atoms with van der Waals surface area (Å²) < 4.78 is 56.7. The molecular weight excluding hydrogens is 474 g/mol. The average molecular weight is 498 g/mol. The lowest BCUT2D eigenvalue weighted by molar-refractivity contribution is -0.142. The van der Waals surface area contributed by atoms with E-state index in [-0.39, 0.29) is 23.7 Å². The molecule has 1 N–H and O–H groups in total. The first-order valence-corrected chi connectivity index (χ1v) is 11.4. The van der Waals surface area contributed by atoms with Crippen LogP contribution in [0.25, 0.3) is 0 Å². The van der Waals surface area contributed by atoms with Crippen LogP contribution in [0.1, 0.15) is 53.2 Å². The minimum atomic E-state index is -4.56. The third kappa shape index (κ3) is 4.96. The molecule has 11 heteroatoms. The molecule has 1 aromatic carbocycles. The highest BCUT2D eigenvalue weighted by Crippen LogP contribution is 2.35. The molecule has 0 radical (unpaired) electrons. The molecule has 34 heavy (non-hydrogen) atoms. The number of nitrogens with zero attached hydrogens (tertiary/aromatic N) is 4. The zero-order valence-corrected chi connectivity index (χ0v) is 19.5. The minimum Gasteiger partial charge on any atom is -0.321 e. The molecule has 182 valence electrons. The van der Waals surface area contributed by atoms with Crippen molar-refractivity contribution >= 4 is 23.2 Å². The summed E-state index contributed by atoms with van der Waals surface area (Å²) in [7, 11) is 0. The molecule has 6 nitrogen and oxygen atoms in total. The van der Waals surface area contributed by atoms with Crippen molar-refractivity contribution in [3.05, 3.63) is 62.9 Å². The lowest BCUT2D eigenvalue weighted by atomic mass is 10.1. The highest BCUT2D eigenvalue weighted by molar-refractivity contribution is 6.31. The van der Waals surface area contributed by atoms with Crippen molar-refractivity contribution in [3.63, 3.8) is 0 Å². The van der Waals surface area contributed by atoms with Crippen molar-refractivity contribution in [2.45, 2.75) is 65.2 Å². The fourth-order valence-corrected chi connectivity index (χ4v) is 4.59. The van der Waals surface area contributed by atoms with E-state index in [4.69, 9.17) is 11.6 Å². The Labute approximate surface area is 198 Å². The second kappa shape index (κ2) is 9.40. The fourth-order valence-electron chi connectivity index (χ4n) is 4.36. The number of carbonyl (C=O) groups is 1. The number of anilines is 1. The van der Waals surface area contributed by atoms with Crippen molar-refractivity contribution in [2.24, 2.45) is 0 Å². The van der Waals surface area contributed by atoms with Crippen molar-refractivity contribution in [1.29, 1.82) is 0 Å². The number of aryl methyl sites for hydroxylation is 1. The van der Waals surface area contributed by atoms with E-state index in [1.54, 1.807) is 24.6 Å². The molecule has 0 spiro atoms. The molecule has 2 aromatic heterocycles. The molecule has 0 unspecified atom stereocenters. The Balaban J connectivity index is 1.55. The maximum atomic E-state index is 13.5. The van der Waals surface area contributed by atoms with E-state index in [0.717, 1.165) is 12.8 Å². The first-order valence-electron chi connectivity index (χ1n) is 11.0. The first-order chi connectivity index (χ1) is 16.0. The summed E-state index contributed by atoms with van der Waals surface area (Å²) in [6, 6.07) is 4.08. The van der Waals surface area contributed by atoms with E-state index >= 15 is 0 Å². The Morgan fingerprint density at radius 3 is 2.56 bits per heavy atom. The summed E-state index contributed by atoms with van der Waals surface area (Å²) in [5.74, 6) is -0.936. The van der Waals surface area contributed by atoms with Crippen LogP contribution in [-0.2, 0) is 36.9 Å². The second-order valence-corrected chi connectivity index (χ2v) is 8.88. The molecular formula is C23H24ClF4N5O. The van der Waals surface area contributed by atoms with Crippen LogP contribution in [0.15, 0.2) is 18.2 Å². The van der Waals surface area contributed by atoms with E-state index in [1.165, 1.54) is 16.8 Å². The SMILES string of the molecule is Cc1nn(Cc2ccc(F)cc2Cl)c(C)c1NC(=O)Cn1nc(C(F)(F)F)c2c1CCCCC2. The number of amides is 1. The number of halogens is 5. The van der Waals surface area contributed by atoms with Gasteiger partial charge in [0.05, 0.1) is 23.6 Å². The fraction of sp³-hybridized carbons (Fsp3) is 0.435. The monoisotopic (exact) mass is 497 g/mol. The number of nitrogens with one attached hydrogen (secondary N) is 1. The van der Waals surface area contributed by atoms with Gasteiger partial charge in [0.2, 0.25) is 5.91 Å². The molecule has 2 heterocycles. The van der Waals surface area contributed by atoms with Gasteiger partial charge in [-0.15, -0.1) is 0 Å². The second-order valence-electron chi connectivity index (χ2n) is 8.48. The van der Waals surface area contributed by atoms with Gasteiger partial charge < -0.3 is 5.32 Å². The Morgan fingerprint density at radius 1 is 1.12 bits per heavy atom. The van der Waals surface area contributed by atoms with Crippen LogP contribution in [-0.4, -0.2) is 25.5 Å². The summed E-state index contributed by atoms with van der Waals surface area (Å²) in [6.07, 6.45) is -1.53. The Hall–Kier alpha value is -2.88. The Bertz CT molecular complexity index is 1230. The van der Waals surface area contributed by atoms with Crippen LogP contribution in [0.2, 0.25) is 5.02 Å². The summed E-state index contributed by atoms with van der Waals surface area (Å²) in [5, 5.41) is 11.2. The van der Waals surface area contributed by atoms with E-state index in [0.29, 0.717) is 47.6 Å². The van der Waals surface area contributed by atoms with E-state index in [9.17, 15) is 22.4 Å². The maximum Gasteiger partial charge on any atom is 0.435 e. The Kier molecular flexibility index (Phi) is 6.71. The molecule has 1 aliphatic rings. The van der Waals surface area contributed by atoms with Crippen LogP contribution in [0.3, 0.4) is 0 Å². The van der Waals surface area contributed by atoms with Gasteiger partial charge >= 0.3 is 6.18 Å². The predicted molar refractivity (Wildman–Crippen MR) is 119 cm³/mol. The molecule has 1 aliphatic carbocycles. The number of carbonyl (C=O) groups excluding carboxylic acids is 1. The summed E-state index contributed by atoms with van der Waals surface area (Å²) >= 11 is 6.12. The molecule has 1 amide bonds. The Morgan fingerprint density at radius 2 is 1.85 bits per heavy atom. The minimum absolute atomic E-state index is 0.203. The number of benzene rings is 1. The van der Waals surface area contributed by atoms with Gasteiger partial charge in [0.1, 0.15) is 12.4 Å². The topological polar surface area (TPSA) is 64.7 Å². The van der Waals surface area contributed by atoms with E-state index in [2.05, 4.69) is 15.5 Å². The number of hydrogen-bond donors (Lipinski definition) is 1. The molecule has 0 atom stereocenters. The zero-order valence-electron chi connectivity index (χ0n) is 18.8. The third-order valence-corrected chi connectivity index (χ3v) is 6.40. The zero-order chi connectivity index (χ0) is 24.6. The quantitative estimate of drug-likeness (QED) is 0.376. The van der Waals surface area contributed by atoms with Crippen molar-refractivity contribution in [2.75, 3.05) is 5.32 Å². The first kappa shape index (κ1) is 24.3. The summed E-state index contributed by atoms with van der Waals surface area (Å²) in [6.45, 7) is 3.41. The van der Waals surface area contributed by atoms with Gasteiger partial charge in [0, 0.05) is 16.3 Å². The van der Waals surface area contributed by atoms with Gasteiger partial charge in [0.15, 0.2) is 5.69 Å². The maximum absolute atomic E-state index is 13.5. The van der Waals surface area contributed by atoms with Gasteiger partial charge in [-0.25, -0.2) is 4.39 Å². The molecule has 0 saturated heterocycles. The number of aromatic nitrogens is 4. The normalized spacial score (nSPS) is 14.1. The van der Waals surface area contributed by atoms with Gasteiger partial charge in [-0.2, -0.15) is 23.4 Å². The van der Waals surface area contributed by atoms with Gasteiger partial charge in [0.25, 0.3) is 0 Å². The van der Waals surface area contributed by atoms with Crippen LogP contribution < -0.4 is 5.32 Å². The largest absolute Gasteiger partial charge is 0.435 e. The van der Waals surface area contributed by atoms with Crippen molar-refractivity contribution < 1.29 is 22.4 Å². The van der Waals surface area contributed by atoms with E-state index < -0.39 is 23.6 Å². The standard InChI is InChI=1S/C23H24ClF4N5O/c1-13-21(14(2)32(30-13)11-15-8-9-16(25)10-18(15)24)29-20(34)12-33-19-7-5-3-4-6-17(19)22(31-33)23(26,27)28/h8-10H,3-7,11-12H2,1-2H3,(H,29,34). The molecule has 0 fully saturated rings. The number of fused-ring (bicyclic) bond motifs is 1.